The van der Waals surface area contributed by atoms with Crippen molar-refractivity contribution in [2.24, 2.45) is 0 Å². The van der Waals surface area contributed by atoms with Crippen molar-refractivity contribution >= 4 is 17.7 Å². The number of rotatable bonds is 8. The van der Waals surface area contributed by atoms with Gasteiger partial charge >= 0.3 is 0 Å². The second-order valence-electron chi connectivity index (χ2n) is 4.57. The molecule has 98 valence electrons. The van der Waals surface area contributed by atoms with Crippen LogP contribution >= 0.6 is 11.8 Å². The fraction of sp³-hybridized carbons (Fsp3) is 0.833. The lowest BCUT2D eigenvalue weighted by Gasteiger charge is -2.10. The normalized spacial score (nSPS) is 11.3. The molecule has 0 saturated carbocycles. The van der Waals surface area contributed by atoms with Gasteiger partial charge in [0, 0.05) is 11.8 Å². The van der Waals surface area contributed by atoms with Crippen molar-refractivity contribution in [3.8, 4) is 0 Å². The van der Waals surface area contributed by atoms with Gasteiger partial charge in [-0.3, -0.25) is 4.57 Å². The van der Waals surface area contributed by atoms with Crippen LogP contribution in [0.2, 0.25) is 0 Å². The molecule has 0 unspecified atom stereocenters. The van der Waals surface area contributed by atoms with Gasteiger partial charge < -0.3 is 5.73 Å². The summed E-state index contributed by atoms with van der Waals surface area (Å²) in [7, 11) is 0. The molecule has 0 radical (unpaired) electrons. The molecule has 0 spiro atoms. The molecule has 1 rings (SSSR count). The van der Waals surface area contributed by atoms with Crippen LogP contribution in [0.15, 0.2) is 5.16 Å². The lowest BCUT2D eigenvalue weighted by Crippen LogP contribution is -2.07. The van der Waals surface area contributed by atoms with Crippen LogP contribution < -0.4 is 5.73 Å². The lowest BCUT2D eigenvalue weighted by molar-refractivity contribution is 0.556. The molecule has 0 saturated heterocycles. The van der Waals surface area contributed by atoms with Crippen molar-refractivity contribution in [1.29, 1.82) is 0 Å². The van der Waals surface area contributed by atoms with E-state index in [1.54, 1.807) is 11.8 Å². The summed E-state index contributed by atoms with van der Waals surface area (Å²) in [6, 6.07) is 0.326. The summed E-state index contributed by atoms with van der Waals surface area (Å²) in [6.07, 6.45) is 6.54. The zero-order valence-electron chi connectivity index (χ0n) is 11.1. The highest BCUT2D eigenvalue weighted by Crippen LogP contribution is 2.23. The van der Waals surface area contributed by atoms with Crippen LogP contribution in [0, 0.1) is 0 Å². The minimum absolute atomic E-state index is 0.326. The Morgan fingerprint density at radius 3 is 2.53 bits per heavy atom. The average Bonchev–Trinajstić information content (AvgIpc) is 2.65. The zero-order valence-corrected chi connectivity index (χ0v) is 12.0. The molecule has 17 heavy (non-hydrogen) atoms. The van der Waals surface area contributed by atoms with Gasteiger partial charge in [-0.25, -0.2) is 0 Å². The smallest absolute Gasteiger partial charge is 0.222 e. The van der Waals surface area contributed by atoms with Gasteiger partial charge in [-0.05, 0) is 20.3 Å². The topological polar surface area (TPSA) is 56.7 Å². The fourth-order valence-electron chi connectivity index (χ4n) is 1.74. The van der Waals surface area contributed by atoms with E-state index in [1.165, 1.54) is 32.1 Å². The second-order valence-corrected chi connectivity index (χ2v) is 5.63. The Balaban J connectivity index is 2.32. The summed E-state index contributed by atoms with van der Waals surface area (Å²) in [5.41, 5.74) is 5.79. The number of nitrogen functional groups attached to an aromatic ring is 1. The van der Waals surface area contributed by atoms with Crippen molar-refractivity contribution in [1.82, 2.24) is 14.8 Å². The zero-order chi connectivity index (χ0) is 12.7. The molecule has 4 nitrogen and oxygen atoms in total. The van der Waals surface area contributed by atoms with Crippen LogP contribution in [0.1, 0.15) is 58.9 Å². The largest absolute Gasteiger partial charge is 0.368 e. The van der Waals surface area contributed by atoms with E-state index in [4.69, 9.17) is 5.73 Å². The third-order valence-corrected chi connectivity index (χ3v) is 3.72. The molecule has 0 aliphatic rings. The average molecular weight is 256 g/mol. The van der Waals surface area contributed by atoms with Gasteiger partial charge in [-0.2, -0.15) is 0 Å². The Morgan fingerprint density at radius 1 is 1.18 bits per heavy atom. The van der Waals surface area contributed by atoms with Crippen molar-refractivity contribution in [3.63, 3.8) is 0 Å². The minimum Gasteiger partial charge on any atom is -0.368 e. The van der Waals surface area contributed by atoms with Crippen molar-refractivity contribution in [3.05, 3.63) is 0 Å². The molecular weight excluding hydrogens is 232 g/mol. The first-order valence-corrected chi connectivity index (χ1v) is 7.48. The summed E-state index contributed by atoms with van der Waals surface area (Å²) in [5.74, 6) is 1.63. The Labute approximate surface area is 108 Å². The Kier molecular flexibility index (Phi) is 6.40. The third-order valence-electron chi connectivity index (χ3n) is 2.69. The maximum Gasteiger partial charge on any atom is 0.222 e. The number of nitrogens with zero attached hydrogens (tertiary/aromatic N) is 3. The van der Waals surface area contributed by atoms with Crippen molar-refractivity contribution < 1.29 is 0 Å². The van der Waals surface area contributed by atoms with E-state index in [0.717, 1.165) is 10.9 Å². The summed E-state index contributed by atoms with van der Waals surface area (Å²) >= 11 is 1.76. The van der Waals surface area contributed by atoms with Crippen molar-refractivity contribution in [2.45, 2.75) is 64.1 Å². The molecule has 5 heteroatoms. The number of anilines is 1. The van der Waals surface area contributed by atoms with Crippen LogP contribution in [0.4, 0.5) is 5.95 Å². The molecule has 1 aromatic rings. The number of hydrogen-bond donors (Lipinski definition) is 1. The summed E-state index contributed by atoms with van der Waals surface area (Å²) in [4.78, 5) is 0. The predicted molar refractivity (Wildman–Crippen MR) is 74.3 cm³/mol. The molecule has 1 heterocycles. The fourth-order valence-corrected chi connectivity index (χ4v) is 2.81. The van der Waals surface area contributed by atoms with E-state index < -0.39 is 0 Å². The SMILES string of the molecule is CCCCCCCSc1nnc(N)n1C(C)C. The number of aromatic nitrogens is 3. The highest BCUT2D eigenvalue weighted by atomic mass is 32.2. The van der Waals surface area contributed by atoms with E-state index in [0.29, 0.717) is 12.0 Å². The standard InChI is InChI=1S/C12H24N4S/c1-4-5-6-7-8-9-17-12-15-14-11(13)16(12)10(2)3/h10H,4-9H2,1-3H3,(H2,13,14). The summed E-state index contributed by atoms with van der Waals surface area (Å²) in [6.45, 7) is 6.44. The quantitative estimate of drug-likeness (QED) is 0.571. The summed E-state index contributed by atoms with van der Waals surface area (Å²) in [5, 5.41) is 9.01. The van der Waals surface area contributed by atoms with E-state index in [9.17, 15) is 0 Å². The van der Waals surface area contributed by atoms with Gasteiger partial charge in [0.2, 0.25) is 5.95 Å². The van der Waals surface area contributed by atoms with Gasteiger partial charge in [0.1, 0.15) is 0 Å². The number of nitrogens with two attached hydrogens (primary N) is 1. The second kappa shape index (κ2) is 7.58. The molecule has 0 atom stereocenters. The van der Waals surface area contributed by atoms with Crippen LogP contribution in [0.25, 0.3) is 0 Å². The lowest BCUT2D eigenvalue weighted by atomic mass is 10.2. The Bertz CT molecular complexity index is 322. The van der Waals surface area contributed by atoms with Gasteiger partial charge in [0.25, 0.3) is 0 Å². The molecule has 2 N–H and O–H groups in total. The first-order chi connectivity index (χ1) is 8.16. The summed E-state index contributed by atoms with van der Waals surface area (Å²) < 4.78 is 2.00. The van der Waals surface area contributed by atoms with E-state index in [2.05, 4.69) is 31.0 Å². The predicted octanol–water partition coefficient (Wildman–Crippen LogP) is 3.50. The molecule has 0 amide bonds. The Hall–Kier alpha value is -0.710. The maximum atomic E-state index is 5.79. The van der Waals surface area contributed by atoms with Gasteiger partial charge in [-0.1, -0.05) is 44.4 Å². The van der Waals surface area contributed by atoms with Crippen LogP contribution in [-0.4, -0.2) is 20.5 Å². The highest BCUT2D eigenvalue weighted by molar-refractivity contribution is 7.99. The van der Waals surface area contributed by atoms with Gasteiger partial charge in [0.05, 0.1) is 0 Å². The molecule has 1 aromatic heterocycles. The van der Waals surface area contributed by atoms with Gasteiger partial charge in [-0.15, -0.1) is 10.2 Å². The molecule has 0 fully saturated rings. The van der Waals surface area contributed by atoms with Crippen LogP contribution in [0.3, 0.4) is 0 Å². The van der Waals surface area contributed by atoms with Crippen LogP contribution in [0.5, 0.6) is 0 Å². The van der Waals surface area contributed by atoms with E-state index >= 15 is 0 Å². The third kappa shape index (κ3) is 4.58. The minimum atomic E-state index is 0.326. The maximum absolute atomic E-state index is 5.79. The van der Waals surface area contributed by atoms with Crippen LogP contribution in [-0.2, 0) is 0 Å². The first kappa shape index (κ1) is 14.4. The van der Waals surface area contributed by atoms with Crippen molar-refractivity contribution in [2.75, 3.05) is 11.5 Å². The van der Waals surface area contributed by atoms with Gasteiger partial charge in [0.15, 0.2) is 5.16 Å². The number of unbranched alkanes of at least 4 members (excludes halogenated alkanes) is 4. The molecular formula is C12H24N4S. The highest BCUT2D eigenvalue weighted by Gasteiger charge is 2.12. The first-order valence-electron chi connectivity index (χ1n) is 6.50. The molecule has 0 aliphatic heterocycles. The molecule has 0 bridgehead atoms. The monoisotopic (exact) mass is 256 g/mol. The van der Waals surface area contributed by atoms with E-state index in [1.807, 2.05) is 4.57 Å². The number of hydrogen-bond acceptors (Lipinski definition) is 4. The molecule has 0 aromatic carbocycles. The Morgan fingerprint density at radius 2 is 1.88 bits per heavy atom. The molecule has 0 aliphatic carbocycles. The number of thioether (sulfide) groups is 1. The van der Waals surface area contributed by atoms with E-state index in [-0.39, 0.29) is 0 Å².